The molecule has 168 valence electrons. The molecule has 0 spiro atoms. The summed E-state index contributed by atoms with van der Waals surface area (Å²) in [6, 6.07) is 11.9. The summed E-state index contributed by atoms with van der Waals surface area (Å²) < 4.78 is 12.7. The molecule has 0 bridgehead atoms. The fraction of sp³-hybridized carbons (Fsp3) is 0.227. The summed E-state index contributed by atoms with van der Waals surface area (Å²) in [7, 11) is 0. The minimum atomic E-state index is -0.595. The molecule has 0 fully saturated rings. The Morgan fingerprint density at radius 1 is 1.09 bits per heavy atom. The number of fused-ring (bicyclic) bond motifs is 2. The van der Waals surface area contributed by atoms with Gasteiger partial charge in [-0.15, -0.1) is 0 Å². The van der Waals surface area contributed by atoms with E-state index in [9.17, 15) is 9.90 Å². The van der Waals surface area contributed by atoms with Crippen LogP contribution >= 0.6 is 0 Å². The minimum Gasteiger partial charge on any atom is -0.504 e. The number of phenolic OH excluding ortho intramolecular Hbond substituents is 1. The third kappa shape index (κ3) is 3.53. The van der Waals surface area contributed by atoms with Crippen LogP contribution in [0.1, 0.15) is 31.0 Å². The van der Waals surface area contributed by atoms with E-state index in [0.29, 0.717) is 47.4 Å². The maximum atomic E-state index is 12.8. The second-order valence-electron chi connectivity index (χ2n) is 7.28. The van der Waals surface area contributed by atoms with Crippen LogP contribution in [0.25, 0.3) is 11.3 Å². The number of nitrogens with one attached hydrogen (secondary N) is 2. The standard InChI is InChI=1S/C22H21N7O4/c1-3-32-14-8-5-12(6-9-14)18-17-19(21(31)25-24-18)23-22-26-27-28-29(22)20(17)13-7-10-15(30)16(11-13)33-4-2/h5-11,20,30H,3-4H2,1-2H3,(H,25,31)(H,23,26,28)/t20-/m0/s1. The highest BCUT2D eigenvalue weighted by Crippen LogP contribution is 2.43. The summed E-state index contributed by atoms with van der Waals surface area (Å²) in [5, 5.41) is 32.1. The van der Waals surface area contributed by atoms with Crippen LogP contribution in [0.5, 0.6) is 17.2 Å². The monoisotopic (exact) mass is 447 g/mol. The molecule has 0 aliphatic carbocycles. The van der Waals surface area contributed by atoms with Crippen LogP contribution in [0.2, 0.25) is 0 Å². The normalized spacial score (nSPS) is 14.2. The Labute approximate surface area is 188 Å². The van der Waals surface area contributed by atoms with Crippen LogP contribution in [-0.2, 0) is 0 Å². The Morgan fingerprint density at radius 3 is 2.64 bits per heavy atom. The lowest BCUT2D eigenvalue weighted by Gasteiger charge is -2.28. The SMILES string of the molecule is CCOc1ccc(-c2n[nH]c(=O)c3c2[C@H](c2ccc(O)c(OCC)c2)n2nnnc2N3)cc1. The molecular weight excluding hydrogens is 426 g/mol. The first-order chi connectivity index (χ1) is 16.1. The van der Waals surface area contributed by atoms with E-state index in [1.807, 2.05) is 38.1 Å². The number of rotatable bonds is 6. The largest absolute Gasteiger partial charge is 0.504 e. The predicted octanol–water partition coefficient (Wildman–Crippen LogP) is 2.62. The van der Waals surface area contributed by atoms with E-state index in [4.69, 9.17) is 9.47 Å². The van der Waals surface area contributed by atoms with Gasteiger partial charge in [0, 0.05) is 11.1 Å². The lowest BCUT2D eigenvalue weighted by atomic mass is 9.92. The molecule has 0 unspecified atom stereocenters. The van der Waals surface area contributed by atoms with Crippen molar-refractivity contribution in [2.45, 2.75) is 19.9 Å². The average Bonchev–Trinajstić information content (AvgIpc) is 3.29. The number of ether oxygens (including phenoxy) is 2. The Kier molecular flexibility index (Phi) is 5.13. The van der Waals surface area contributed by atoms with Gasteiger partial charge in [-0.25, -0.2) is 5.10 Å². The Bertz CT molecular complexity index is 1360. The third-order valence-electron chi connectivity index (χ3n) is 5.31. The zero-order valence-electron chi connectivity index (χ0n) is 17.9. The summed E-state index contributed by atoms with van der Waals surface area (Å²) in [6.07, 6.45) is 0. The molecule has 0 saturated carbocycles. The number of anilines is 2. The van der Waals surface area contributed by atoms with Crippen molar-refractivity contribution in [3.05, 3.63) is 63.9 Å². The zero-order chi connectivity index (χ0) is 22.9. The highest BCUT2D eigenvalue weighted by Gasteiger charge is 2.34. The summed E-state index contributed by atoms with van der Waals surface area (Å²) in [5.41, 5.74) is 2.54. The van der Waals surface area contributed by atoms with E-state index < -0.39 is 11.6 Å². The van der Waals surface area contributed by atoms with Crippen molar-refractivity contribution >= 4 is 11.6 Å². The maximum Gasteiger partial charge on any atom is 0.288 e. The Hall–Kier alpha value is -4.41. The predicted molar refractivity (Wildman–Crippen MR) is 119 cm³/mol. The van der Waals surface area contributed by atoms with Crippen LogP contribution in [0.4, 0.5) is 11.6 Å². The van der Waals surface area contributed by atoms with Gasteiger partial charge in [-0.3, -0.25) is 4.79 Å². The molecule has 2 aromatic heterocycles. The molecule has 0 radical (unpaired) electrons. The molecule has 0 amide bonds. The molecular formula is C22H21N7O4. The number of nitrogens with zero attached hydrogens (tertiary/aromatic N) is 5. The van der Waals surface area contributed by atoms with Gasteiger partial charge in [0.2, 0.25) is 5.95 Å². The first-order valence-corrected chi connectivity index (χ1v) is 10.5. The maximum absolute atomic E-state index is 12.8. The van der Waals surface area contributed by atoms with Crippen molar-refractivity contribution in [3.63, 3.8) is 0 Å². The molecule has 2 aromatic carbocycles. The number of hydrogen-bond donors (Lipinski definition) is 3. The summed E-state index contributed by atoms with van der Waals surface area (Å²) >= 11 is 0. The lowest BCUT2D eigenvalue weighted by molar-refractivity contribution is 0.317. The van der Waals surface area contributed by atoms with Gasteiger partial charge in [0.25, 0.3) is 5.56 Å². The summed E-state index contributed by atoms with van der Waals surface area (Å²) in [5.74, 6) is 1.39. The van der Waals surface area contributed by atoms with E-state index in [0.717, 1.165) is 11.3 Å². The van der Waals surface area contributed by atoms with Crippen molar-refractivity contribution < 1.29 is 14.6 Å². The first-order valence-electron chi connectivity index (χ1n) is 10.5. The lowest BCUT2D eigenvalue weighted by Crippen LogP contribution is -2.29. The van der Waals surface area contributed by atoms with E-state index >= 15 is 0 Å². The fourth-order valence-corrected chi connectivity index (χ4v) is 3.91. The van der Waals surface area contributed by atoms with Crippen molar-refractivity contribution in [1.82, 2.24) is 30.4 Å². The van der Waals surface area contributed by atoms with Gasteiger partial charge in [0.1, 0.15) is 17.5 Å². The average molecular weight is 447 g/mol. The topological polar surface area (TPSA) is 140 Å². The number of H-pyrrole nitrogens is 1. The van der Waals surface area contributed by atoms with Gasteiger partial charge in [-0.1, -0.05) is 11.2 Å². The van der Waals surface area contributed by atoms with Crippen LogP contribution in [-0.4, -0.2) is 48.7 Å². The number of aromatic hydroxyl groups is 1. The molecule has 5 rings (SSSR count). The van der Waals surface area contributed by atoms with Gasteiger partial charge in [-0.2, -0.15) is 9.78 Å². The summed E-state index contributed by atoms with van der Waals surface area (Å²) in [4.78, 5) is 12.8. The molecule has 11 heteroatoms. The molecule has 1 atom stereocenters. The van der Waals surface area contributed by atoms with Gasteiger partial charge in [0.05, 0.1) is 18.9 Å². The van der Waals surface area contributed by atoms with Gasteiger partial charge in [0.15, 0.2) is 11.5 Å². The number of aromatic nitrogens is 6. The molecule has 3 N–H and O–H groups in total. The fourth-order valence-electron chi connectivity index (χ4n) is 3.91. The van der Waals surface area contributed by atoms with E-state index in [1.165, 1.54) is 0 Å². The van der Waals surface area contributed by atoms with Crippen LogP contribution in [0.15, 0.2) is 47.3 Å². The van der Waals surface area contributed by atoms with Crippen molar-refractivity contribution in [3.8, 4) is 28.5 Å². The Balaban J connectivity index is 1.73. The third-order valence-corrected chi connectivity index (χ3v) is 5.31. The van der Waals surface area contributed by atoms with Crippen LogP contribution in [0.3, 0.4) is 0 Å². The molecule has 1 aliphatic heterocycles. The molecule has 1 aliphatic rings. The van der Waals surface area contributed by atoms with Gasteiger partial charge < -0.3 is 19.9 Å². The molecule has 0 saturated heterocycles. The smallest absolute Gasteiger partial charge is 0.288 e. The van der Waals surface area contributed by atoms with Gasteiger partial charge >= 0.3 is 0 Å². The number of aromatic amines is 1. The molecule has 33 heavy (non-hydrogen) atoms. The molecule has 11 nitrogen and oxygen atoms in total. The second kappa shape index (κ2) is 8.26. The van der Waals surface area contributed by atoms with E-state index in [1.54, 1.807) is 22.9 Å². The summed E-state index contributed by atoms with van der Waals surface area (Å²) in [6.45, 7) is 4.69. The number of phenols is 1. The van der Waals surface area contributed by atoms with Crippen LogP contribution in [0, 0.1) is 0 Å². The number of benzene rings is 2. The minimum absolute atomic E-state index is 0.0162. The van der Waals surface area contributed by atoms with Crippen molar-refractivity contribution in [2.75, 3.05) is 18.5 Å². The number of hydrogen-bond acceptors (Lipinski definition) is 9. The van der Waals surface area contributed by atoms with E-state index in [-0.39, 0.29) is 5.75 Å². The highest BCUT2D eigenvalue weighted by atomic mass is 16.5. The van der Waals surface area contributed by atoms with Gasteiger partial charge in [-0.05, 0) is 66.2 Å². The van der Waals surface area contributed by atoms with Crippen molar-refractivity contribution in [1.29, 1.82) is 0 Å². The zero-order valence-corrected chi connectivity index (χ0v) is 17.9. The second-order valence-corrected chi connectivity index (χ2v) is 7.28. The number of tetrazole rings is 1. The highest BCUT2D eigenvalue weighted by molar-refractivity contribution is 5.75. The quantitative estimate of drug-likeness (QED) is 0.358. The van der Waals surface area contributed by atoms with Crippen molar-refractivity contribution in [2.24, 2.45) is 0 Å². The Morgan fingerprint density at radius 2 is 1.88 bits per heavy atom. The molecule has 4 aromatic rings. The molecule has 3 heterocycles. The first kappa shape index (κ1) is 20.5. The van der Waals surface area contributed by atoms with E-state index in [2.05, 4.69) is 31.0 Å². The van der Waals surface area contributed by atoms with Crippen LogP contribution < -0.4 is 20.3 Å².